The Labute approximate surface area is 114 Å². The Morgan fingerprint density at radius 3 is 2.83 bits per heavy atom. The fraction of sp³-hybridized carbons (Fsp3) is 0.571. The number of nitrogens with one attached hydrogen (secondary N) is 1. The molecule has 1 aromatic rings. The van der Waals surface area contributed by atoms with Gasteiger partial charge in [-0.2, -0.15) is 0 Å². The Balaban J connectivity index is 2.18. The predicted octanol–water partition coefficient (Wildman–Crippen LogP) is 3.04. The van der Waals surface area contributed by atoms with Gasteiger partial charge >= 0.3 is 0 Å². The summed E-state index contributed by atoms with van der Waals surface area (Å²) in [5, 5.41) is 4.29. The first kappa shape index (κ1) is 13.7. The number of rotatable bonds is 3. The maximum absolute atomic E-state index is 6.01. The number of nitrogens with two attached hydrogens (primary N) is 1. The second-order valence-electron chi connectivity index (χ2n) is 5.65. The van der Waals surface area contributed by atoms with E-state index in [0.29, 0.717) is 6.54 Å². The second kappa shape index (κ2) is 5.08. The summed E-state index contributed by atoms with van der Waals surface area (Å²) in [6.45, 7) is 5.54. The molecule has 100 valence electrons. The zero-order valence-electron chi connectivity index (χ0n) is 11.0. The minimum absolute atomic E-state index is 0.105. The average Bonchev–Trinajstić information content (AvgIpc) is 2.27. The van der Waals surface area contributed by atoms with Crippen molar-refractivity contribution < 1.29 is 4.74 Å². The number of hydrogen-bond donors (Lipinski definition) is 2. The summed E-state index contributed by atoms with van der Waals surface area (Å²) in [4.78, 5) is 0. The van der Waals surface area contributed by atoms with Gasteiger partial charge in [0.1, 0.15) is 0 Å². The third-order valence-electron chi connectivity index (χ3n) is 3.46. The van der Waals surface area contributed by atoms with Gasteiger partial charge in [0.2, 0.25) is 0 Å². The van der Waals surface area contributed by atoms with Crippen molar-refractivity contribution in [2.45, 2.75) is 37.8 Å². The lowest BCUT2D eigenvalue weighted by molar-refractivity contribution is -0.0736. The van der Waals surface area contributed by atoms with Gasteiger partial charge < -0.3 is 15.8 Å². The fourth-order valence-electron chi connectivity index (χ4n) is 2.68. The van der Waals surface area contributed by atoms with Crippen molar-refractivity contribution in [3.63, 3.8) is 0 Å². The molecule has 1 atom stereocenters. The number of halogens is 1. The molecule has 1 fully saturated rings. The molecule has 1 aromatic carbocycles. The van der Waals surface area contributed by atoms with Crippen LogP contribution in [0.3, 0.4) is 0 Å². The molecular formula is C14H21ClN2O. The molecule has 1 aliphatic rings. The van der Waals surface area contributed by atoms with Gasteiger partial charge in [0.15, 0.2) is 0 Å². The van der Waals surface area contributed by atoms with Crippen molar-refractivity contribution in [3.8, 4) is 0 Å². The molecule has 1 aliphatic heterocycles. The first-order valence-electron chi connectivity index (χ1n) is 6.33. The Morgan fingerprint density at radius 2 is 2.22 bits per heavy atom. The molecular weight excluding hydrogens is 248 g/mol. The standard InChI is InChI=1S/C14H21ClN2O/c1-13(2)9-14(10-16,6-7-18-13)17-12-5-3-4-11(15)8-12/h3-5,8,17H,6-7,9-10,16H2,1-2H3. The van der Waals surface area contributed by atoms with E-state index in [-0.39, 0.29) is 11.1 Å². The molecule has 1 unspecified atom stereocenters. The van der Waals surface area contributed by atoms with E-state index in [0.717, 1.165) is 30.2 Å². The van der Waals surface area contributed by atoms with Crippen molar-refractivity contribution in [2.75, 3.05) is 18.5 Å². The van der Waals surface area contributed by atoms with E-state index in [9.17, 15) is 0 Å². The van der Waals surface area contributed by atoms with Crippen molar-refractivity contribution in [3.05, 3.63) is 29.3 Å². The smallest absolute Gasteiger partial charge is 0.0649 e. The average molecular weight is 269 g/mol. The zero-order valence-corrected chi connectivity index (χ0v) is 11.8. The molecule has 3 N–H and O–H groups in total. The van der Waals surface area contributed by atoms with Crippen LogP contribution in [0.5, 0.6) is 0 Å². The van der Waals surface area contributed by atoms with Gasteiger partial charge in [-0.15, -0.1) is 0 Å². The molecule has 4 heteroatoms. The quantitative estimate of drug-likeness (QED) is 0.886. The highest BCUT2D eigenvalue weighted by molar-refractivity contribution is 6.30. The molecule has 0 radical (unpaired) electrons. The molecule has 1 saturated heterocycles. The molecule has 0 saturated carbocycles. The highest BCUT2D eigenvalue weighted by atomic mass is 35.5. The Bertz CT molecular complexity index is 422. The van der Waals surface area contributed by atoms with Gasteiger partial charge in [-0.25, -0.2) is 0 Å². The summed E-state index contributed by atoms with van der Waals surface area (Å²) in [6, 6.07) is 7.77. The second-order valence-corrected chi connectivity index (χ2v) is 6.09. The van der Waals surface area contributed by atoms with Crippen LogP contribution in [0, 0.1) is 0 Å². The Kier molecular flexibility index (Phi) is 3.85. The zero-order chi connectivity index (χ0) is 13.2. The summed E-state index contributed by atoms with van der Waals surface area (Å²) >= 11 is 6.01. The monoisotopic (exact) mass is 268 g/mol. The van der Waals surface area contributed by atoms with Crippen molar-refractivity contribution >= 4 is 17.3 Å². The van der Waals surface area contributed by atoms with Gasteiger partial charge in [-0.1, -0.05) is 17.7 Å². The summed E-state index contributed by atoms with van der Waals surface area (Å²) in [5.74, 6) is 0. The van der Waals surface area contributed by atoms with E-state index in [4.69, 9.17) is 22.1 Å². The van der Waals surface area contributed by atoms with Crippen LogP contribution in [0.2, 0.25) is 5.02 Å². The van der Waals surface area contributed by atoms with Crippen LogP contribution in [0.15, 0.2) is 24.3 Å². The largest absolute Gasteiger partial charge is 0.378 e. The third-order valence-corrected chi connectivity index (χ3v) is 3.70. The summed E-state index contributed by atoms with van der Waals surface area (Å²) in [7, 11) is 0. The van der Waals surface area contributed by atoms with Crippen LogP contribution in [0.25, 0.3) is 0 Å². The van der Waals surface area contributed by atoms with E-state index >= 15 is 0 Å². The van der Waals surface area contributed by atoms with Crippen LogP contribution in [-0.2, 0) is 4.74 Å². The number of anilines is 1. The van der Waals surface area contributed by atoms with Crippen LogP contribution in [0.4, 0.5) is 5.69 Å². The fourth-order valence-corrected chi connectivity index (χ4v) is 2.87. The molecule has 0 spiro atoms. The van der Waals surface area contributed by atoms with Crippen molar-refractivity contribution in [1.82, 2.24) is 0 Å². The molecule has 0 aromatic heterocycles. The molecule has 0 bridgehead atoms. The molecule has 2 rings (SSSR count). The minimum Gasteiger partial charge on any atom is -0.378 e. The summed E-state index contributed by atoms with van der Waals surface area (Å²) in [5.41, 5.74) is 6.77. The number of ether oxygens (including phenoxy) is 1. The van der Waals surface area contributed by atoms with Crippen LogP contribution in [-0.4, -0.2) is 24.3 Å². The molecule has 1 heterocycles. The summed E-state index contributed by atoms with van der Waals surface area (Å²) < 4.78 is 5.76. The van der Waals surface area contributed by atoms with Gasteiger partial charge in [-0.3, -0.25) is 0 Å². The molecule has 18 heavy (non-hydrogen) atoms. The highest BCUT2D eigenvalue weighted by Crippen LogP contribution is 2.34. The van der Waals surface area contributed by atoms with Crippen LogP contribution < -0.4 is 11.1 Å². The van der Waals surface area contributed by atoms with E-state index in [2.05, 4.69) is 19.2 Å². The first-order valence-corrected chi connectivity index (χ1v) is 6.70. The lowest BCUT2D eigenvalue weighted by atomic mass is 9.81. The van der Waals surface area contributed by atoms with Gasteiger partial charge in [-0.05, 0) is 38.5 Å². The molecule has 0 amide bonds. The van der Waals surface area contributed by atoms with E-state index in [1.165, 1.54) is 0 Å². The topological polar surface area (TPSA) is 47.3 Å². The Hall–Kier alpha value is -0.770. The van der Waals surface area contributed by atoms with Crippen LogP contribution >= 0.6 is 11.6 Å². The van der Waals surface area contributed by atoms with Crippen molar-refractivity contribution in [2.24, 2.45) is 5.73 Å². The minimum atomic E-state index is -0.136. The SMILES string of the molecule is CC1(C)CC(CN)(Nc2cccc(Cl)c2)CCO1. The van der Waals surface area contributed by atoms with Crippen LogP contribution in [0.1, 0.15) is 26.7 Å². The van der Waals surface area contributed by atoms with Crippen molar-refractivity contribution in [1.29, 1.82) is 0 Å². The van der Waals surface area contributed by atoms with E-state index in [1.807, 2.05) is 24.3 Å². The molecule has 0 aliphatic carbocycles. The normalized spacial score (nSPS) is 26.9. The molecule has 3 nitrogen and oxygen atoms in total. The van der Waals surface area contributed by atoms with Gasteiger partial charge in [0, 0.05) is 30.3 Å². The maximum atomic E-state index is 6.01. The Morgan fingerprint density at radius 1 is 1.44 bits per heavy atom. The lowest BCUT2D eigenvalue weighted by Crippen LogP contribution is -2.55. The highest BCUT2D eigenvalue weighted by Gasteiger charge is 2.39. The number of hydrogen-bond acceptors (Lipinski definition) is 3. The van der Waals surface area contributed by atoms with Gasteiger partial charge in [0.05, 0.1) is 11.1 Å². The van der Waals surface area contributed by atoms with Gasteiger partial charge in [0.25, 0.3) is 0 Å². The number of benzene rings is 1. The maximum Gasteiger partial charge on any atom is 0.0649 e. The predicted molar refractivity (Wildman–Crippen MR) is 76.1 cm³/mol. The van der Waals surface area contributed by atoms with E-state index in [1.54, 1.807) is 0 Å². The first-order chi connectivity index (χ1) is 8.45. The summed E-state index contributed by atoms with van der Waals surface area (Å²) in [6.07, 6.45) is 1.81. The lowest BCUT2D eigenvalue weighted by Gasteiger charge is -2.45. The third kappa shape index (κ3) is 3.16. The van der Waals surface area contributed by atoms with E-state index < -0.39 is 0 Å².